The van der Waals surface area contributed by atoms with Crippen molar-refractivity contribution >= 4 is 33.7 Å². The minimum Gasteiger partial charge on any atom is -0.465 e. The van der Waals surface area contributed by atoms with Crippen LogP contribution in [0.5, 0.6) is 0 Å². The third-order valence-corrected chi connectivity index (χ3v) is 4.41. The Balaban J connectivity index is 1.99. The number of sulfonamides is 1. The Morgan fingerprint density at radius 3 is 2.39 bits per heavy atom. The molecule has 0 saturated carbocycles. The molecule has 0 heterocycles. The van der Waals surface area contributed by atoms with Crippen LogP contribution in [-0.4, -0.2) is 33.7 Å². The number of nitrogens with one attached hydrogen (secondary N) is 2. The highest BCUT2D eigenvalue weighted by Crippen LogP contribution is 2.18. The van der Waals surface area contributed by atoms with Crippen LogP contribution in [0.4, 0.5) is 5.69 Å². The first-order valence-electron chi connectivity index (χ1n) is 8.42. The molecule has 0 aliphatic carbocycles. The van der Waals surface area contributed by atoms with E-state index < -0.39 is 16.0 Å². The molecule has 2 rings (SSSR count). The van der Waals surface area contributed by atoms with E-state index in [1.165, 1.54) is 13.2 Å². The molecule has 148 valence electrons. The van der Waals surface area contributed by atoms with Crippen molar-refractivity contribution in [2.45, 2.75) is 13.0 Å². The molecule has 7 nitrogen and oxygen atoms in total. The van der Waals surface area contributed by atoms with Gasteiger partial charge in [-0.2, -0.15) is 0 Å². The molecule has 1 amide bonds. The van der Waals surface area contributed by atoms with Crippen molar-refractivity contribution in [3.63, 3.8) is 0 Å². The van der Waals surface area contributed by atoms with E-state index in [1.807, 2.05) is 0 Å². The van der Waals surface area contributed by atoms with Gasteiger partial charge in [0.2, 0.25) is 15.9 Å². The fourth-order valence-electron chi connectivity index (χ4n) is 2.45. The smallest absolute Gasteiger partial charge is 0.337 e. The standard InChI is InChI=1S/C20H22N2O5S/c1-14(17-5-4-6-18(13-17)22-28(3,25)26)21-19(23)12-9-15-7-10-16(11-8-15)20(24)27-2/h4-14,22H,1-3H3,(H,21,23). The van der Waals surface area contributed by atoms with Gasteiger partial charge >= 0.3 is 5.97 Å². The summed E-state index contributed by atoms with van der Waals surface area (Å²) in [5.74, 6) is -0.722. The van der Waals surface area contributed by atoms with Gasteiger partial charge in [-0.05, 0) is 48.4 Å². The van der Waals surface area contributed by atoms with Gasteiger partial charge in [-0.15, -0.1) is 0 Å². The second kappa shape index (κ2) is 9.18. The predicted molar refractivity (Wildman–Crippen MR) is 108 cm³/mol. The van der Waals surface area contributed by atoms with Gasteiger partial charge in [0.15, 0.2) is 0 Å². The van der Waals surface area contributed by atoms with Crippen LogP contribution in [0.1, 0.15) is 34.5 Å². The number of ether oxygens (including phenoxy) is 1. The van der Waals surface area contributed by atoms with Gasteiger partial charge in [-0.3, -0.25) is 9.52 Å². The van der Waals surface area contributed by atoms with Crippen molar-refractivity contribution in [3.8, 4) is 0 Å². The maximum Gasteiger partial charge on any atom is 0.337 e. The summed E-state index contributed by atoms with van der Waals surface area (Å²) in [4.78, 5) is 23.6. The normalized spacial score (nSPS) is 12.4. The fraction of sp³-hybridized carbons (Fsp3) is 0.200. The summed E-state index contributed by atoms with van der Waals surface area (Å²) in [7, 11) is -2.06. The van der Waals surface area contributed by atoms with Crippen LogP contribution < -0.4 is 10.0 Å². The number of carbonyl (C=O) groups excluding carboxylic acids is 2. The fourth-order valence-corrected chi connectivity index (χ4v) is 3.01. The first-order chi connectivity index (χ1) is 13.2. The minimum absolute atomic E-state index is 0.300. The molecule has 28 heavy (non-hydrogen) atoms. The minimum atomic E-state index is -3.37. The Morgan fingerprint density at radius 2 is 1.79 bits per heavy atom. The molecule has 0 bridgehead atoms. The molecule has 0 spiro atoms. The average molecular weight is 402 g/mol. The Morgan fingerprint density at radius 1 is 1.11 bits per heavy atom. The molecule has 2 aromatic carbocycles. The summed E-state index contributed by atoms with van der Waals surface area (Å²) in [5.41, 5.74) is 2.38. The predicted octanol–water partition coefficient (Wildman–Crippen LogP) is 2.74. The molecule has 2 aromatic rings. The first kappa shape index (κ1) is 21.2. The van der Waals surface area contributed by atoms with E-state index in [9.17, 15) is 18.0 Å². The lowest BCUT2D eigenvalue weighted by Gasteiger charge is -2.14. The van der Waals surface area contributed by atoms with Crippen molar-refractivity contribution in [1.82, 2.24) is 5.32 Å². The Kier molecular flexibility index (Phi) is 6.94. The lowest BCUT2D eigenvalue weighted by molar-refractivity contribution is -0.117. The molecule has 0 saturated heterocycles. The van der Waals surface area contributed by atoms with Crippen LogP contribution in [0.25, 0.3) is 6.08 Å². The van der Waals surface area contributed by atoms with E-state index in [2.05, 4.69) is 14.8 Å². The number of esters is 1. The summed E-state index contributed by atoms with van der Waals surface area (Å²) < 4.78 is 29.7. The second-order valence-corrected chi connectivity index (χ2v) is 7.93. The number of hydrogen-bond donors (Lipinski definition) is 2. The summed E-state index contributed by atoms with van der Waals surface area (Å²) in [6.07, 6.45) is 4.10. The highest BCUT2D eigenvalue weighted by atomic mass is 32.2. The van der Waals surface area contributed by atoms with E-state index in [0.29, 0.717) is 11.3 Å². The molecule has 0 radical (unpaired) electrons. The quantitative estimate of drug-likeness (QED) is 0.548. The van der Waals surface area contributed by atoms with Crippen LogP contribution in [0, 0.1) is 0 Å². The Bertz CT molecular complexity index is 982. The van der Waals surface area contributed by atoms with Gasteiger partial charge in [0.1, 0.15) is 0 Å². The van der Waals surface area contributed by atoms with Crippen LogP contribution in [-0.2, 0) is 19.6 Å². The number of methoxy groups -OCH3 is 1. The van der Waals surface area contributed by atoms with Gasteiger partial charge in [-0.1, -0.05) is 24.3 Å². The zero-order valence-corrected chi connectivity index (χ0v) is 16.6. The maximum absolute atomic E-state index is 12.2. The zero-order chi connectivity index (χ0) is 20.7. The largest absolute Gasteiger partial charge is 0.465 e. The number of amides is 1. The van der Waals surface area contributed by atoms with Gasteiger partial charge in [0.25, 0.3) is 0 Å². The van der Waals surface area contributed by atoms with E-state index in [0.717, 1.165) is 17.4 Å². The summed E-state index contributed by atoms with van der Waals surface area (Å²) in [6, 6.07) is 13.1. The van der Waals surface area contributed by atoms with E-state index in [-0.39, 0.29) is 11.9 Å². The molecule has 0 aliphatic rings. The SMILES string of the molecule is COC(=O)c1ccc(C=CC(=O)NC(C)c2cccc(NS(C)(=O)=O)c2)cc1. The van der Waals surface area contributed by atoms with Crippen LogP contribution >= 0.6 is 0 Å². The molecule has 1 unspecified atom stereocenters. The summed E-state index contributed by atoms with van der Waals surface area (Å²) >= 11 is 0. The molecule has 2 N–H and O–H groups in total. The monoisotopic (exact) mass is 402 g/mol. The van der Waals surface area contributed by atoms with Gasteiger partial charge in [0, 0.05) is 11.8 Å². The highest BCUT2D eigenvalue weighted by Gasteiger charge is 2.10. The maximum atomic E-state index is 12.2. The number of anilines is 1. The lowest BCUT2D eigenvalue weighted by atomic mass is 10.1. The zero-order valence-electron chi connectivity index (χ0n) is 15.8. The summed E-state index contributed by atoms with van der Waals surface area (Å²) in [6.45, 7) is 1.80. The molecule has 0 aliphatic heterocycles. The van der Waals surface area contributed by atoms with Gasteiger partial charge in [-0.25, -0.2) is 13.2 Å². The molecule has 1 atom stereocenters. The molecular formula is C20H22N2O5S. The number of rotatable bonds is 7. The molecule has 0 fully saturated rings. The van der Waals surface area contributed by atoms with Crippen molar-refractivity contribution < 1.29 is 22.7 Å². The first-order valence-corrected chi connectivity index (χ1v) is 10.3. The van der Waals surface area contributed by atoms with Gasteiger partial charge < -0.3 is 10.1 Å². The number of carbonyl (C=O) groups is 2. The topological polar surface area (TPSA) is 102 Å². The van der Waals surface area contributed by atoms with Gasteiger partial charge in [0.05, 0.1) is 25.0 Å². The molecular weight excluding hydrogens is 380 g/mol. The Labute approximate surface area is 164 Å². The molecule has 0 aromatic heterocycles. The van der Waals surface area contributed by atoms with Crippen molar-refractivity contribution in [3.05, 3.63) is 71.3 Å². The number of benzene rings is 2. The van der Waals surface area contributed by atoms with Crippen molar-refractivity contribution in [2.24, 2.45) is 0 Å². The van der Waals surface area contributed by atoms with E-state index in [1.54, 1.807) is 61.5 Å². The third-order valence-electron chi connectivity index (χ3n) is 3.81. The summed E-state index contributed by atoms with van der Waals surface area (Å²) in [5, 5.41) is 2.82. The van der Waals surface area contributed by atoms with E-state index in [4.69, 9.17) is 0 Å². The third kappa shape index (κ3) is 6.55. The second-order valence-electron chi connectivity index (χ2n) is 6.18. The highest BCUT2D eigenvalue weighted by molar-refractivity contribution is 7.92. The van der Waals surface area contributed by atoms with Crippen LogP contribution in [0.2, 0.25) is 0 Å². The van der Waals surface area contributed by atoms with Crippen molar-refractivity contribution in [2.75, 3.05) is 18.1 Å². The molecule has 8 heteroatoms. The van der Waals surface area contributed by atoms with Crippen LogP contribution in [0.3, 0.4) is 0 Å². The van der Waals surface area contributed by atoms with Crippen molar-refractivity contribution in [1.29, 1.82) is 0 Å². The lowest BCUT2D eigenvalue weighted by Crippen LogP contribution is -2.24. The average Bonchev–Trinajstić information content (AvgIpc) is 2.65. The number of hydrogen-bond acceptors (Lipinski definition) is 5. The van der Waals surface area contributed by atoms with Crippen LogP contribution in [0.15, 0.2) is 54.6 Å². The Hall–Kier alpha value is -3.13. The van der Waals surface area contributed by atoms with E-state index >= 15 is 0 Å².